The number of thioether (sulfide) groups is 2. The van der Waals surface area contributed by atoms with Crippen LogP contribution in [0.2, 0.25) is 0 Å². The largest absolute Gasteiger partial charge is 0.478 e. The fraction of sp³-hybridized carbons (Fsp3) is 0.455. The molecule has 18 heavy (non-hydrogen) atoms. The molecule has 1 fully saturated rings. The Bertz CT molecular complexity index is 439. The molecule has 0 aromatic carbocycles. The first kappa shape index (κ1) is 13.5. The van der Waals surface area contributed by atoms with Gasteiger partial charge in [-0.3, -0.25) is 0 Å². The van der Waals surface area contributed by atoms with Gasteiger partial charge >= 0.3 is 5.97 Å². The second-order valence-corrected chi connectivity index (χ2v) is 6.36. The van der Waals surface area contributed by atoms with Gasteiger partial charge in [0.05, 0.1) is 6.20 Å². The molecule has 1 unspecified atom stereocenters. The van der Waals surface area contributed by atoms with Gasteiger partial charge in [-0.15, -0.1) is 0 Å². The molecule has 0 bridgehead atoms. The van der Waals surface area contributed by atoms with E-state index < -0.39 is 11.8 Å². The number of hydrogen-bond donors (Lipinski definition) is 2. The zero-order valence-electron chi connectivity index (χ0n) is 9.56. The highest BCUT2D eigenvalue weighted by Crippen LogP contribution is 2.24. The van der Waals surface area contributed by atoms with Crippen LogP contribution in [0, 0.1) is 5.82 Å². The van der Waals surface area contributed by atoms with Gasteiger partial charge in [0.15, 0.2) is 0 Å². The highest BCUT2D eigenvalue weighted by Gasteiger charge is 2.17. The number of hydrogen-bond acceptors (Lipinski definition) is 5. The van der Waals surface area contributed by atoms with Crippen molar-refractivity contribution >= 4 is 35.3 Å². The number of carboxylic acid groups (broad SMARTS) is 1. The zero-order valence-corrected chi connectivity index (χ0v) is 11.2. The number of pyridine rings is 1. The molecule has 1 aliphatic rings. The number of aromatic carboxylic acids is 1. The monoisotopic (exact) mass is 288 g/mol. The number of carbonyl (C=O) groups is 1. The highest BCUT2D eigenvalue weighted by atomic mass is 32.2. The number of anilines is 1. The van der Waals surface area contributed by atoms with Gasteiger partial charge < -0.3 is 10.4 Å². The number of carboxylic acids is 1. The molecule has 4 nitrogen and oxygen atoms in total. The minimum Gasteiger partial charge on any atom is -0.478 e. The third-order valence-corrected chi connectivity index (χ3v) is 5.31. The smallest absolute Gasteiger partial charge is 0.339 e. The van der Waals surface area contributed by atoms with Crippen LogP contribution in [0.15, 0.2) is 12.3 Å². The standard InChI is InChI=1S/C11H13FN2O2S2/c12-7-3-9(11(15)16)10(13-4-7)14-5-8-6-17-1-2-18-8/h3-4,8H,1-2,5-6H2,(H,13,14)(H,15,16). The predicted octanol–water partition coefficient (Wildman–Crippen LogP) is 2.18. The Kier molecular flexibility index (Phi) is 4.71. The van der Waals surface area contributed by atoms with E-state index in [4.69, 9.17) is 5.11 Å². The van der Waals surface area contributed by atoms with E-state index in [2.05, 4.69) is 10.3 Å². The van der Waals surface area contributed by atoms with Crippen molar-refractivity contribution in [2.45, 2.75) is 5.25 Å². The average molecular weight is 288 g/mol. The van der Waals surface area contributed by atoms with Gasteiger partial charge in [-0.1, -0.05) is 0 Å². The lowest BCUT2D eigenvalue weighted by molar-refractivity contribution is 0.0697. The lowest BCUT2D eigenvalue weighted by Crippen LogP contribution is -2.24. The first-order chi connectivity index (χ1) is 8.66. The Morgan fingerprint density at radius 1 is 1.61 bits per heavy atom. The van der Waals surface area contributed by atoms with Crippen LogP contribution in [0.5, 0.6) is 0 Å². The Morgan fingerprint density at radius 3 is 3.11 bits per heavy atom. The van der Waals surface area contributed by atoms with Crippen LogP contribution in [0.25, 0.3) is 0 Å². The molecule has 1 aromatic rings. The van der Waals surface area contributed by atoms with E-state index in [1.165, 1.54) is 0 Å². The quantitative estimate of drug-likeness (QED) is 0.885. The maximum atomic E-state index is 12.9. The van der Waals surface area contributed by atoms with Crippen molar-refractivity contribution in [1.29, 1.82) is 0 Å². The van der Waals surface area contributed by atoms with Crippen LogP contribution in [0.1, 0.15) is 10.4 Å². The fourth-order valence-electron chi connectivity index (χ4n) is 1.61. The van der Waals surface area contributed by atoms with Crippen molar-refractivity contribution in [2.24, 2.45) is 0 Å². The van der Waals surface area contributed by atoms with Crippen LogP contribution in [0.3, 0.4) is 0 Å². The van der Waals surface area contributed by atoms with E-state index in [1.54, 1.807) is 0 Å². The second kappa shape index (κ2) is 6.29. The minimum absolute atomic E-state index is 0.122. The van der Waals surface area contributed by atoms with Crippen LogP contribution >= 0.6 is 23.5 Å². The third-order valence-electron chi connectivity index (χ3n) is 2.47. The maximum Gasteiger partial charge on any atom is 0.339 e. The van der Waals surface area contributed by atoms with Crippen molar-refractivity contribution in [3.05, 3.63) is 23.6 Å². The lowest BCUT2D eigenvalue weighted by Gasteiger charge is -2.21. The molecule has 1 atom stereocenters. The number of halogens is 1. The van der Waals surface area contributed by atoms with Gasteiger partial charge in [0.1, 0.15) is 17.2 Å². The molecule has 1 aliphatic heterocycles. The van der Waals surface area contributed by atoms with Gasteiger partial charge in [-0.25, -0.2) is 14.2 Å². The van der Waals surface area contributed by atoms with E-state index in [0.717, 1.165) is 29.5 Å². The van der Waals surface area contributed by atoms with E-state index in [9.17, 15) is 9.18 Å². The summed E-state index contributed by atoms with van der Waals surface area (Å²) in [5.41, 5.74) is -0.122. The molecule has 0 aliphatic carbocycles. The Morgan fingerprint density at radius 2 is 2.44 bits per heavy atom. The predicted molar refractivity (Wildman–Crippen MR) is 73.2 cm³/mol. The van der Waals surface area contributed by atoms with E-state index >= 15 is 0 Å². The summed E-state index contributed by atoms with van der Waals surface area (Å²) in [6.45, 7) is 0.649. The van der Waals surface area contributed by atoms with Crippen molar-refractivity contribution in [3.63, 3.8) is 0 Å². The first-order valence-corrected chi connectivity index (χ1v) is 7.69. The molecule has 0 saturated carbocycles. The Hall–Kier alpha value is -0.950. The molecule has 0 amide bonds. The molecule has 2 rings (SSSR count). The topological polar surface area (TPSA) is 62.2 Å². The molecular formula is C11H13FN2O2S2. The summed E-state index contributed by atoms with van der Waals surface area (Å²) < 4.78 is 12.9. The molecule has 1 saturated heterocycles. The van der Waals surface area contributed by atoms with Crippen molar-refractivity contribution in [3.8, 4) is 0 Å². The Labute approximate surface area is 113 Å². The van der Waals surface area contributed by atoms with E-state index in [-0.39, 0.29) is 11.4 Å². The summed E-state index contributed by atoms with van der Waals surface area (Å²) in [4.78, 5) is 14.8. The first-order valence-electron chi connectivity index (χ1n) is 5.49. The van der Waals surface area contributed by atoms with Gasteiger partial charge in [-0.2, -0.15) is 23.5 Å². The molecule has 2 N–H and O–H groups in total. The Balaban J connectivity index is 2.01. The average Bonchev–Trinajstić information content (AvgIpc) is 2.38. The maximum absolute atomic E-state index is 12.9. The number of nitrogens with one attached hydrogen (secondary N) is 1. The highest BCUT2D eigenvalue weighted by molar-refractivity contribution is 8.06. The lowest BCUT2D eigenvalue weighted by atomic mass is 10.2. The molecule has 2 heterocycles. The van der Waals surface area contributed by atoms with Crippen LogP contribution in [-0.4, -0.2) is 45.1 Å². The zero-order chi connectivity index (χ0) is 13.0. The van der Waals surface area contributed by atoms with Gasteiger partial charge in [0.25, 0.3) is 0 Å². The van der Waals surface area contributed by atoms with E-state index in [0.29, 0.717) is 11.8 Å². The summed E-state index contributed by atoms with van der Waals surface area (Å²) in [7, 11) is 0. The van der Waals surface area contributed by atoms with E-state index in [1.807, 2.05) is 23.5 Å². The normalized spacial score (nSPS) is 19.5. The van der Waals surface area contributed by atoms with Crippen LogP contribution < -0.4 is 5.32 Å². The molecule has 0 radical (unpaired) electrons. The molecule has 98 valence electrons. The van der Waals surface area contributed by atoms with Gasteiger partial charge in [0.2, 0.25) is 0 Å². The molecule has 1 aromatic heterocycles. The number of aromatic nitrogens is 1. The summed E-state index contributed by atoms with van der Waals surface area (Å²) >= 11 is 3.76. The third kappa shape index (κ3) is 3.52. The molecule has 0 spiro atoms. The summed E-state index contributed by atoms with van der Waals surface area (Å²) in [6.07, 6.45) is 1.03. The van der Waals surface area contributed by atoms with Crippen molar-refractivity contribution < 1.29 is 14.3 Å². The van der Waals surface area contributed by atoms with Crippen LogP contribution in [0.4, 0.5) is 10.2 Å². The molecule has 7 heteroatoms. The molecular weight excluding hydrogens is 275 g/mol. The summed E-state index contributed by atoms with van der Waals surface area (Å²) in [5, 5.41) is 12.4. The fourth-order valence-corrected chi connectivity index (χ4v) is 4.22. The van der Waals surface area contributed by atoms with Crippen molar-refractivity contribution in [2.75, 3.05) is 29.1 Å². The van der Waals surface area contributed by atoms with Crippen LogP contribution in [-0.2, 0) is 0 Å². The SMILES string of the molecule is O=C(O)c1cc(F)cnc1NCC1CSCCS1. The number of nitrogens with zero attached hydrogens (tertiary/aromatic N) is 1. The van der Waals surface area contributed by atoms with Gasteiger partial charge in [0, 0.05) is 29.1 Å². The summed E-state index contributed by atoms with van der Waals surface area (Å²) in [5.74, 6) is 1.74. The number of rotatable bonds is 4. The summed E-state index contributed by atoms with van der Waals surface area (Å²) in [6, 6.07) is 0.987. The van der Waals surface area contributed by atoms with Crippen molar-refractivity contribution in [1.82, 2.24) is 4.98 Å². The minimum atomic E-state index is -1.17. The second-order valence-electron chi connectivity index (χ2n) is 3.80. The van der Waals surface area contributed by atoms with Gasteiger partial charge in [-0.05, 0) is 6.07 Å².